The van der Waals surface area contributed by atoms with Gasteiger partial charge in [-0.2, -0.15) is 0 Å². The quantitative estimate of drug-likeness (QED) is 0.168. The Labute approximate surface area is 260 Å². The van der Waals surface area contributed by atoms with Crippen LogP contribution in [0.3, 0.4) is 0 Å². The molecule has 43 heavy (non-hydrogen) atoms. The summed E-state index contributed by atoms with van der Waals surface area (Å²) in [5, 5.41) is 0. The van der Waals surface area contributed by atoms with E-state index in [2.05, 4.69) is 48.1 Å². The first-order valence-corrected chi connectivity index (χ1v) is 17.1. The van der Waals surface area contributed by atoms with Gasteiger partial charge in [-0.05, 0) is 117 Å². The predicted octanol–water partition coefficient (Wildman–Crippen LogP) is 8.07. The molecular weight excluding hydrogens is 540 g/mol. The van der Waals surface area contributed by atoms with E-state index in [9.17, 15) is 14.4 Å². The minimum atomic E-state index is -0.374. The lowest BCUT2D eigenvalue weighted by molar-refractivity contribution is -0.252. The maximum absolute atomic E-state index is 12.7. The van der Waals surface area contributed by atoms with Crippen LogP contribution in [0.2, 0.25) is 0 Å². The van der Waals surface area contributed by atoms with Crippen molar-refractivity contribution in [2.75, 3.05) is 13.7 Å². The molecule has 0 amide bonds. The van der Waals surface area contributed by atoms with Gasteiger partial charge in [-0.1, -0.05) is 46.8 Å². The number of carbonyl (C=O) groups is 3. The zero-order chi connectivity index (χ0) is 31.6. The summed E-state index contributed by atoms with van der Waals surface area (Å²) in [5.74, 6) is 1.94. The number of methoxy groups -OCH3 is 1. The summed E-state index contributed by atoms with van der Waals surface area (Å²) >= 11 is 0. The van der Waals surface area contributed by atoms with Crippen molar-refractivity contribution in [3.63, 3.8) is 0 Å². The number of hydrogen-bond donors (Lipinski definition) is 0. The second kappa shape index (κ2) is 11.2. The Balaban J connectivity index is 1.40. The first-order valence-electron chi connectivity index (χ1n) is 17.1. The molecule has 10 atom stereocenters. The summed E-state index contributed by atoms with van der Waals surface area (Å²) in [6.07, 6.45) is 11.5. The third-order valence-corrected chi connectivity index (χ3v) is 14.8. The Kier molecular flexibility index (Phi) is 8.47. The fraction of sp³-hybridized carbons (Fsp3) is 0.865. The average Bonchev–Trinajstić information content (AvgIpc) is 3.33. The van der Waals surface area contributed by atoms with Crippen LogP contribution >= 0.6 is 0 Å². The Hall–Kier alpha value is -1.85. The summed E-state index contributed by atoms with van der Waals surface area (Å²) in [6, 6.07) is 0. The number of ether oxygens (including phenoxy) is 3. The second-order valence-corrected chi connectivity index (χ2v) is 16.7. The van der Waals surface area contributed by atoms with E-state index in [1.807, 2.05) is 0 Å². The third kappa shape index (κ3) is 5.00. The number of allylic oxidation sites excluding steroid dienone is 1. The molecule has 0 aromatic heterocycles. The zero-order valence-electron chi connectivity index (χ0n) is 28.3. The van der Waals surface area contributed by atoms with Crippen molar-refractivity contribution in [2.45, 2.75) is 132 Å². The van der Waals surface area contributed by atoms with Crippen LogP contribution in [0.4, 0.5) is 0 Å². The highest BCUT2D eigenvalue weighted by atomic mass is 16.5. The van der Waals surface area contributed by atoms with Gasteiger partial charge in [0.1, 0.15) is 6.10 Å². The highest BCUT2D eigenvalue weighted by Gasteiger charge is 2.71. The van der Waals surface area contributed by atoms with E-state index < -0.39 is 0 Å². The van der Waals surface area contributed by atoms with Crippen molar-refractivity contribution in [3.05, 3.63) is 12.2 Å². The fourth-order valence-electron chi connectivity index (χ4n) is 12.5. The zero-order valence-corrected chi connectivity index (χ0v) is 28.3. The van der Waals surface area contributed by atoms with Crippen molar-refractivity contribution >= 4 is 17.9 Å². The van der Waals surface area contributed by atoms with Crippen LogP contribution in [0.1, 0.15) is 126 Å². The highest BCUT2D eigenvalue weighted by Crippen LogP contribution is 2.77. The minimum Gasteiger partial charge on any atom is -0.469 e. The molecule has 0 bridgehead atoms. The Morgan fingerprint density at radius 3 is 2.12 bits per heavy atom. The fourth-order valence-corrected chi connectivity index (χ4v) is 12.5. The van der Waals surface area contributed by atoms with Gasteiger partial charge in [0.2, 0.25) is 0 Å². The number of carbonyl (C=O) groups excluding carboxylic acids is 3. The molecule has 5 rings (SSSR count). The lowest BCUT2D eigenvalue weighted by atomic mass is 9.32. The summed E-state index contributed by atoms with van der Waals surface area (Å²) in [7, 11) is 1.35. The topological polar surface area (TPSA) is 78.9 Å². The molecule has 0 aliphatic heterocycles. The molecule has 5 fully saturated rings. The van der Waals surface area contributed by atoms with Crippen LogP contribution < -0.4 is 0 Å². The van der Waals surface area contributed by atoms with Gasteiger partial charge in [0, 0.05) is 17.8 Å². The van der Waals surface area contributed by atoms with E-state index in [1.54, 1.807) is 6.92 Å². The smallest absolute Gasteiger partial charge is 0.306 e. The molecule has 242 valence electrons. The second-order valence-electron chi connectivity index (χ2n) is 16.7. The van der Waals surface area contributed by atoms with Crippen molar-refractivity contribution in [1.82, 2.24) is 0 Å². The molecule has 5 aliphatic carbocycles. The molecule has 5 saturated carbocycles. The van der Waals surface area contributed by atoms with Gasteiger partial charge < -0.3 is 14.2 Å². The molecule has 6 heteroatoms. The molecule has 0 heterocycles. The van der Waals surface area contributed by atoms with Crippen LogP contribution in [0.5, 0.6) is 0 Å². The first kappa shape index (κ1) is 32.5. The van der Waals surface area contributed by atoms with Crippen LogP contribution in [-0.2, 0) is 28.6 Å². The average molecular weight is 599 g/mol. The van der Waals surface area contributed by atoms with Crippen LogP contribution in [0.25, 0.3) is 0 Å². The summed E-state index contributed by atoms with van der Waals surface area (Å²) < 4.78 is 16.6. The SMILES string of the molecule is C=C(C)[C@@H]1CC[C@@]2(COC(C)=O)CC[C@]3(C)[C@H](CC[C@H]4[C@@]5(C)CC[C@H](OC(=O)CCC(=O)OC)C(C)(C)[C@@H]5CC[C@]43C)[C@@H]12. The van der Waals surface area contributed by atoms with E-state index in [-0.39, 0.29) is 63.9 Å². The molecule has 0 spiro atoms. The summed E-state index contributed by atoms with van der Waals surface area (Å²) in [6.45, 7) is 21.3. The summed E-state index contributed by atoms with van der Waals surface area (Å²) in [5.41, 5.74) is 1.92. The largest absolute Gasteiger partial charge is 0.469 e. The molecule has 6 nitrogen and oxygen atoms in total. The van der Waals surface area contributed by atoms with Crippen molar-refractivity contribution in [2.24, 2.45) is 56.7 Å². The van der Waals surface area contributed by atoms with Crippen molar-refractivity contribution in [3.8, 4) is 0 Å². The van der Waals surface area contributed by atoms with Gasteiger partial charge in [0.05, 0.1) is 26.6 Å². The maximum Gasteiger partial charge on any atom is 0.306 e. The van der Waals surface area contributed by atoms with Gasteiger partial charge in [-0.15, -0.1) is 0 Å². The van der Waals surface area contributed by atoms with Gasteiger partial charge in [0.15, 0.2) is 0 Å². The molecule has 0 radical (unpaired) electrons. The lowest BCUT2D eigenvalue weighted by Crippen LogP contribution is -2.67. The molecule has 0 aromatic rings. The first-order chi connectivity index (χ1) is 20.1. The van der Waals surface area contributed by atoms with Crippen LogP contribution in [0, 0.1) is 56.7 Å². The van der Waals surface area contributed by atoms with Crippen LogP contribution in [-0.4, -0.2) is 37.7 Å². The van der Waals surface area contributed by atoms with E-state index in [1.165, 1.54) is 44.8 Å². The third-order valence-electron chi connectivity index (χ3n) is 14.8. The normalized spacial score (nSPS) is 44.6. The van der Waals surface area contributed by atoms with Crippen molar-refractivity contribution in [1.29, 1.82) is 0 Å². The number of rotatable bonds is 7. The van der Waals surface area contributed by atoms with E-state index in [4.69, 9.17) is 14.2 Å². The molecule has 5 aliphatic rings. The Morgan fingerprint density at radius 1 is 0.767 bits per heavy atom. The standard InChI is InChI=1S/C37H58O6/c1-23(2)25-14-19-37(22-42-24(3)38)21-20-35(7)26(32(25)37)10-11-28-34(6)17-16-29(43-31(40)13-12-30(39)41-9)33(4,5)27(34)15-18-36(28,35)8/h25-29,32H,1,10-22H2,2-9H3/t25-,26+,27-,28-,29-,32+,34-,35+,36+,37-/m0/s1. The molecular formula is C37H58O6. The van der Waals surface area contributed by atoms with E-state index in [0.29, 0.717) is 36.2 Å². The maximum atomic E-state index is 12.7. The Morgan fingerprint density at radius 2 is 1.47 bits per heavy atom. The molecule has 0 unspecified atom stereocenters. The molecule has 0 saturated heterocycles. The number of hydrogen-bond acceptors (Lipinski definition) is 6. The predicted molar refractivity (Wildman–Crippen MR) is 167 cm³/mol. The molecule has 0 aromatic carbocycles. The van der Waals surface area contributed by atoms with Gasteiger partial charge >= 0.3 is 17.9 Å². The number of esters is 3. The van der Waals surface area contributed by atoms with E-state index in [0.717, 1.165) is 32.1 Å². The monoisotopic (exact) mass is 598 g/mol. The van der Waals surface area contributed by atoms with Gasteiger partial charge in [-0.25, -0.2) is 0 Å². The Bertz CT molecular complexity index is 1140. The molecule has 0 N–H and O–H groups in total. The van der Waals surface area contributed by atoms with E-state index >= 15 is 0 Å². The van der Waals surface area contributed by atoms with Crippen molar-refractivity contribution < 1.29 is 28.6 Å². The number of fused-ring (bicyclic) bond motifs is 7. The minimum absolute atomic E-state index is 0.0686. The lowest BCUT2D eigenvalue weighted by Gasteiger charge is -2.73. The van der Waals surface area contributed by atoms with Gasteiger partial charge in [0.25, 0.3) is 0 Å². The van der Waals surface area contributed by atoms with Crippen LogP contribution in [0.15, 0.2) is 12.2 Å². The highest BCUT2D eigenvalue weighted by molar-refractivity contribution is 5.77. The van der Waals surface area contributed by atoms with Gasteiger partial charge in [-0.3, -0.25) is 14.4 Å². The summed E-state index contributed by atoms with van der Waals surface area (Å²) in [4.78, 5) is 36.3.